The Morgan fingerprint density at radius 1 is 1.05 bits per heavy atom. The second kappa shape index (κ2) is 13.9. The van der Waals surface area contributed by atoms with Crippen LogP contribution in [0.5, 0.6) is 5.75 Å². The first kappa shape index (κ1) is 36.4. The number of nitrogens with one attached hydrogen (secondary N) is 2. The standard InChI is InChI=1S/C38H38F4N8O5/c1-47-34-28(50(37(47)54)29-8-9-32(51)45-36(29)53)7-6-24(39)33(34)21-10-12-48(13-11-21)18-20-14-23(15-20)49-19-22-16-27(30(55-2)17-26(22)46-49)44-35(52)25-4-3-5-31(43-25)38(40,41)42/h3-7,16-17,19-21,23,29H,8-15,18H2,1-2H3,(H,44,52)(H,45,51,53)/t20-,23-,29?. The summed E-state index contributed by atoms with van der Waals surface area (Å²) in [5, 5.41) is 10.4. The maximum atomic E-state index is 15.6. The van der Waals surface area contributed by atoms with E-state index in [1.54, 1.807) is 25.2 Å². The molecule has 2 aliphatic heterocycles. The van der Waals surface area contributed by atoms with Gasteiger partial charge in [-0.1, -0.05) is 6.07 Å². The lowest BCUT2D eigenvalue weighted by Gasteiger charge is -2.41. The normalized spacial score (nSPS) is 21.2. The summed E-state index contributed by atoms with van der Waals surface area (Å²) in [6.07, 6.45) is 0.748. The summed E-state index contributed by atoms with van der Waals surface area (Å²) in [6, 6.07) is 8.71. The van der Waals surface area contributed by atoms with Gasteiger partial charge in [0.15, 0.2) is 0 Å². The number of amides is 3. The molecule has 1 atom stereocenters. The molecule has 5 heterocycles. The number of pyridine rings is 1. The summed E-state index contributed by atoms with van der Waals surface area (Å²) in [4.78, 5) is 56.5. The third-order valence-corrected chi connectivity index (χ3v) is 11.2. The Bertz CT molecular complexity index is 2410. The van der Waals surface area contributed by atoms with Crippen LogP contribution in [0.3, 0.4) is 0 Å². The number of piperidine rings is 2. The lowest BCUT2D eigenvalue weighted by atomic mass is 9.79. The Kier molecular flexibility index (Phi) is 9.22. The highest BCUT2D eigenvalue weighted by Crippen LogP contribution is 2.41. The van der Waals surface area contributed by atoms with E-state index in [2.05, 4.69) is 20.5 Å². The molecule has 2 N–H and O–H groups in total. The average molecular weight is 763 g/mol. The van der Waals surface area contributed by atoms with Crippen LogP contribution >= 0.6 is 0 Å². The number of fused-ring (bicyclic) bond motifs is 2. The number of imide groups is 1. The van der Waals surface area contributed by atoms with Crippen molar-refractivity contribution in [3.05, 3.63) is 81.9 Å². The van der Waals surface area contributed by atoms with E-state index in [0.29, 0.717) is 46.6 Å². The molecule has 0 radical (unpaired) electrons. The number of methoxy groups -OCH3 is 1. The fourth-order valence-corrected chi connectivity index (χ4v) is 8.36. The van der Waals surface area contributed by atoms with Crippen molar-refractivity contribution in [1.29, 1.82) is 0 Å². The first-order valence-corrected chi connectivity index (χ1v) is 18.2. The molecule has 55 heavy (non-hydrogen) atoms. The largest absolute Gasteiger partial charge is 0.494 e. The number of aromatic nitrogens is 5. The van der Waals surface area contributed by atoms with Gasteiger partial charge in [0.1, 0.15) is 29.0 Å². The summed E-state index contributed by atoms with van der Waals surface area (Å²) >= 11 is 0. The van der Waals surface area contributed by atoms with Gasteiger partial charge in [0.05, 0.1) is 35.4 Å². The number of hydrogen-bond acceptors (Lipinski definition) is 8. The number of carbonyl (C=O) groups excluding carboxylic acids is 3. The van der Waals surface area contributed by atoms with Gasteiger partial charge in [-0.15, -0.1) is 0 Å². The monoisotopic (exact) mass is 762 g/mol. The maximum absolute atomic E-state index is 15.6. The zero-order valence-corrected chi connectivity index (χ0v) is 30.0. The van der Waals surface area contributed by atoms with E-state index in [0.717, 1.165) is 50.0 Å². The SMILES string of the molecule is COc1cc2nn([C@H]3C[C@H](CN4CCC(c5c(F)ccc6c5n(C)c(=O)n6C5CCC(=O)NC5=O)CC4)C3)cc2cc1NC(=O)c1cccc(C(F)(F)F)n1. The molecule has 5 aromatic rings. The summed E-state index contributed by atoms with van der Waals surface area (Å²) in [7, 11) is 3.02. The summed E-state index contributed by atoms with van der Waals surface area (Å²) < 4.78 is 65.2. The number of ether oxygens (including phenoxy) is 1. The van der Waals surface area contributed by atoms with Crippen molar-refractivity contribution in [2.45, 2.75) is 62.7 Å². The summed E-state index contributed by atoms with van der Waals surface area (Å²) in [6.45, 7) is 2.41. The van der Waals surface area contributed by atoms with Crippen LogP contribution in [-0.4, -0.2) is 73.3 Å². The predicted octanol–water partition coefficient (Wildman–Crippen LogP) is 5.31. The third kappa shape index (κ3) is 6.74. The van der Waals surface area contributed by atoms with Crippen molar-refractivity contribution in [3.63, 3.8) is 0 Å². The molecule has 1 saturated carbocycles. The van der Waals surface area contributed by atoms with Gasteiger partial charge in [-0.3, -0.25) is 33.5 Å². The van der Waals surface area contributed by atoms with Crippen LogP contribution in [0.2, 0.25) is 0 Å². The third-order valence-electron chi connectivity index (χ3n) is 11.2. The first-order valence-electron chi connectivity index (χ1n) is 18.2. The maximum Gasteiger partial charge on any atom is 0.433 e. The van der Waals surface area contributed by atoms with Crippen LogP contribution < -0.4 is 21.1 Å². The topological polar surface area (TPSA) is 145 Å². The van der Waals surface area contributed by atoms with E-state index in [1.165, 1.54) is 28.4 Å². The smallest absolute Gasteiger partial charge is 0.433 e. The van der Waals surface area contributed by atoms with Crippen LogP contribution in [0.4, 0.5) is 23.2 Å². The molecular formula is C38H38F4N8O5. The van der Waals surface area contributed by atoms with E-state index < -0.39 is 35.4 Å². The number of hydrogen-bond donors (Lipinski definition) is 2. The van der Waals surface area contributed by atoms with E-state index in [-0.39, 0.29) is 47.9 Å². The van der Waals surface area contributed by atoms with Crippen LogP contribution in [-0.2, 0) is 22.8 Å². The van der Waals surface area contributed by atoms with Crippen molar-refractivity contribution in [3.8, 4) is 5.75 Å². The predicted molar refractivity (Wildman–Crippen MR) is 192 cm³/mol. The van der Waals surface area contributed by atoms with Crippen molar-refractivity contribution in [2.24, 2.45) is 13.0 Å². The van der Waals surface area contributed by atoms with Gasteiger partial charge >= 0.3 is 11.9 Å². The number of carbonyl (C=O) groups is 3. The number of nitrogens with zero attached hydrogens (tertiary/aromatic N) is 6. The molecule has 3 aliphatic rings. The van der Waals surface area contributed by atoms with Gasteiger partial charge < -0.3 is 15.0 Å². The second-order valence-electron chi connectivity index (χ2n) is 14.7. The van der Waals surface area contributed by atoms with E-state index >= 15 is 4.39 Å². The molecule has 3 amide bonds. The fourth-order valence-electron chi connectivity index (χ4n) is 8.36. The van der Waals surface area contributed by atoms with E-state index in [4.69, 9.17) is 9.84 Å². The summed E-state index contributed by atoms with van der Waals surface area (Å²) in [5.74, 6) is -1.46. The van der Waals surface area contributed by atoms with Crippen LogP contribution in [0, 0.1) is 11.7 Å². The number of likely N-dealkylation sites (tertiary alicyclic amines) is 1. The molecule has 1 unspecified atom stereocenters. The molecule has 2 aromatic carbocycles. The van der Waals surface area contributed by atoms with Gasteiger partial charge in [0.25, 0.3) is 5.91 Å². The van der Waals surface area contributed by atoms with E-state index in [9.17, 15) is 32.3 Å². The number of rotatable bonds is 8. The van der Waals surface area contributed by atoms with Gasteiger partial charge in [-0.2, -0.15) is 18.3 Å². The number of halogens is 4. The van der Waals surface area contributed by atoms with Crippen molar-refractivity contribution in [2.75, 3.05) is 32.1 Å². The van der Waals surface area contributed by atoms with Gasteiger partial charge in [-0.25, -0.2) is 14.2 Å². The first-order chi connectivity index (χ1) is 26.3. The lowest BCUT2D eigenvalue weighted by molar-refractivity contribution is -0.141. The minimum Gasteiger partial charge on any atom is -0.494 e. The van der Waals surface area contributed by atoms with E-state index in [1.807, 2.05) is 10.9 Å². The molecule has 0 bridgehead atoms. The van der Waals surface area contributed by atoms with Crippen LogP contribution in [0.25, 0.3) is 21.9 Å². The molecule has 17 heteroatoms. The Morgan fingerprint density at radius 3 is 2.53 bits per heavy atom. The highest BCUT2D eigenvalue weighted by molar-refractivity contribution is 6.05. The molecule has 3 aromatic heterocycles. The molecule has 288 valence electrons. The highest BCUT2D eigenvalue weighted by Gasteiger charge is 2.37. The van der Waals surface area contributed by atoms with Crippen molar-refractivity contribution in [1.82, 2.24) is 34.1 Å². The van der Waals surface area contributed by atoms with Gasteiger partial charge in [0.2, 0.25) is 11.8 Å². The Hall–Kier alpha value is -5.58. The number of alkyl halides is 3. The highest BCUT2D eigenvalue weighted by atomic mass is 19.4. The lowest BCUT2D eigenvalue weighted by Crippen LogP contribution is -2.44. The summed E-state index contributed by atoms with van der Waals surface area (Å²) in [5.41, 5.74) is 0.423. The Balaban J connectivity index is 0.899. The Labute approximate surface area is 311 Å². The number of benzene rings is 2. The zero-order valence-electron chi connectivity index (χ0n) is 30.0. The number of imidazole rings is 1. The van der Waals surface area contributed by atoms with Gasteiger partial charge in [0, 0.05) is 43.2 Å². The Morgan fingerprint density at radius 2 is 1.82 bits per heavy atom. The van der Waals surface area contributed by atoms with Crippen molar-refractivity contribution < 1.29 is 36.7 Å². The quantitative estimate of drug-likeness (QED) is 0.160. The van der Waals surface area contributed by atoms with Crippen molar-refractivity contribution >= 4 is 45.3 Å². The minimum absolute atomic E-state index is 0.109. The van der Waals surface area contributed by atoms with Gasteiger partial charge in [-0.05, 0) is 87.4 Å². The number of aryl methyl sites for hydroxylation is 1. The number of anilines is 1. The molecule has 3 fully saturated rings. The minimum atomic E-state index is -4.68. The average Bonchev–Trinajstić information content (AvgIpc) is 3.66. The molecule has 0 spiro atoms. The molecular weight excluding hydrogens is 724 g/mol. The van der Waals surface area contributed by atoms with Crippen LogP contribution in [0.1, 0.15) is 78.3 Å². The fraction of sp³-hybridized carbons (Fsp3) is 0.421. The molecule has 8 rings (SSSR count). The molecule has 1 aliphatic carbocycles. The molecule has 13 nitrogen and oxygen atoms in total. The molecule has 2 saturated heterocycles. The van der Waals surface area contributed by atoms with Crippen LogP contribution in [0.15, 0.2) is 53.5 Å². The zero-order chi connectivity index (χ0) is 38.8. The second-order valence-corrected chi connectivity index (χ2v) is 14.7.